The van der Waals surface area contributed by atoms with E-state index in [0.29, 0.717) is 0 Å². The third-order valence-electron chi connectivity index (χ3n) is 2.39. The summed E-state index contributed by atoms with van der Waals surface area (Å²) in [7, 11) is 0. The van der Waals surface area contributed by atoms with E-state index in [2.05, 4.69) is 0 Å². The van der Waals surface area contributed by atoms with Crippen molar-refractivity contribution in [2.45, 2.75) is 13.8 Å². The van der Waals surface area contributed by atoms with Gasteiger partial charge in [-0.05, 0) is 37.1 Å². The topological polar surface area (TPSA) is 98.0 Å². The van der Waals surface area contributed by atoms with Crippen molar-refractivity contribution < 1.29 is 25.2 Å². The summed E-state index contributed by atoms with van der Waals surface area (Å²) < 4.78 is 0. The molecule has 0 amide bonds. The Morgan fingerprint density at radius 2 is 1.00 bits per heavy atom. The van der Waals surface area contributed by atoms with Gasteiger partial charge in [0.1, 0.15) is 29.8 Å². The second-order valence-corrected chi connectivity index (χ2v) is 3.94. The Balaban J connectivity index is 0.000000321. The first-order valence-electron chi connectivity index (χ1n) is 5.66. The maximum Gasteiger partial charge on any atom is 0.122 e. The molecule has 0 radical (unpaired) electrons. The Morgan fingerprint density at radius 1 is 0.700 bits per heavy atom. The Kier molecular flexibility index (Phi) is 7.29. The van der Waals surface area contributed by atoms with Gasteiger partial charge in [-0.2, -0.15) is 0 Å². The number of hydrogen-bond donors (Lipinski definition) is 4. The van der Waals surface area contributed by atoms with Gasteiger partial charge >= 0.3 is 0 Å². The van der Waals surface area contributed by atoms with Crippen LogP contribution in [0.5, 0.6) is 23.0 Å². The first-order chi connectivity index (χ1) is 9.40. The summed E-state index contributed by atoms with van der Waals surface area (Å²) >= 11 is 0. The van der Waals surface area contributed by atoms with Crippen LogP contribution in [0, 0.1) is 13.8 Å². The summed E-state index contributed by atoms with van der Waals surface area (Å²) in [5, 5.41) is 35.4. The van der Waals surface area contributed by atoms with E-state index in [-0.39, 0.29) is 23.0 Å². The summed E-state index contributed by atoms with van der Waals surface area (Å²) in [5.74, 6) is 0.459. The second kappa shape index (κ2) is 8.42. The van der Waals surface area contributed by atoms with Crippen molar-refractivity contribution in [3.8, 4) is 23.0 Å². The fourth-order valence-electron chi connectivity index (χ4n) is 1.20. The molecule has 0 aliphatic rings. The number of aromatic hydroxyl groups is 4. The molecule has 0 heterocycles. The number of carbonyl (C=O) groups excluding carboxylic acids is 1. The van der Waals surface area contributed by atoms with Crippen LogP contribution in [0.4, 0.5) is 0 Å². The van der Waals surface area contributed by atoms with Gasteiger partial charge in [0, 0.05) is 12.1 Å². The molecule has 4 N–H and O–H groups in total. The number of phenolic OH excluding ortho intramolecular Hbond substituents is 4. The van der Waals surface area contributed by atoms with Gasteiger partial charge in [0.25, 0.3) is 0 Å². The van der Waals surface area contributed by atoms with Crippen molar-refractivity contribution in [3.05, 3.63) is 47.5 Å². The molecule has 0 aromatic heterocycles. The maximum atomic E-state index is 8.94. The summed E-state index contributed by atoms with van der Waals surface area (Å²) in [5.41, 5.74) is 1.54. The third kappa shape index (κ3) is 5.77. The molecule has 5 nitrogen and oxygen atoms in total. The van der Waals surface area contributed by atoms with Gasteiger partial charge in [-0.3, -0.25) is 0 Å². The minimum Gasteiger partial charge on any atom is -0.508 e. The van der Waals surface area contributed by atoms with Gasteiger partial charge in [0.2, 0.25) is 0 Å². The van der Waals surface area contributed by atoms with Gasteiger partial charge in [0.15, 0.2) is 0 Å². The van der Waals surface area contributed by atoms with Crippen LogP contribution in [0.15, 0.2) is 36.4 Å². The molecule has 0 saturated carbocycles. The van der Waals surface area contributed by atoms with Gasteiger partial charge in [-0.15, -0.1) is 0 Å². The maximum absolute atomic E-state index is 8.94. The normalized spacial score (nSPS) is 8.70. The van der Waals surface area contributed by atoms with E-state index in [4.69, 9.17) is 25.2 Å². The van der Waals surface area contributed by atoms with Crippen LogP contribution >= 0.6 is 0 Å². The summed E-state index contributed by atoms with van der Waals surface area (Å²) in [6.45, 7) is 5.55. The molecular weight excluding hydrogens is 260 g/mol. The quantitative estimate of drug-likeness (QED) is 0.594. The Morgan fingerprint density at radius 3 is 1.20 bits per heavy atom. The Labute approximate surface area is 117 Å². The van der Waals surface area contributed by atoms with E-state index in [9.17, 15) is 0 Å². The van der Waals surface area contributed by atoms with E-state index in [1.165, 1.54) is 24.3 Å². The predicted octanol–water partition coefficient (Wildman–Crippen LogP) is 2.63. The lowest BCUT2D eigenvalue weighted by molar-refractivity contribution is -0.0979. The molecule has 0 atom stereocenters. The average molecular weight is 278 g/mol. The molecule has 2 aromatic rings. The second-order valence-electron chi connectivity index (χ2n) is 3.94. The first kappa shape index (κ1) is 17.3. The minimum absolute atomic E-state index is 0.0955. The lowest BCUT2D eigenvalue weighted by Crippen LogP contribution is -1.71. The zero-order chi connectivity index (χ0) is 15.7. The van der Waals surface area contributed by atoms with Crippen LogP contribution in [-0.2, 0) is 4.79 Å². The molecule has 2 aromatic carbocycles. The standard InChI is InChI=1S/2C7H8O2.CH2O/c2*1-5-2-3-6(8)4-7(5)9;1-2/h2*2-4,8-9H,1H3;1H2. The molecule has 2 rings (SSSR count). The first-order valence-corrected chi connectivity index (χ1v) is 5.66. The van der Waals surface area contributed by atoms with E-state index in [1.54, 1.807) is 26.0 Å². The Hall–Kier alpha value is -2.69. The van der Waals surface area contributed by atoms with Crippen LogP contribution in [0.25, 0.3) is 0 Å². The molecule has 0 aliphatic carbocycles. The molecule has 0 fully saturated rings. The molecule has 0 saturated heterocycles. The van der Waals surface area contributed by atoms with Gasteiger partial charge < -0.3 is 25.2 Å². The van der Waals surface area contributed by atoms with E-state index in [0.717, 1.165) is 11.1 Å². The van der Waals surface area contributed by atoms with Crippen molar-refractivity contribution in [2.75, 3.05) is 0 Å². The molecule has 5 heteroatoms. The molecule has 0 bridgehead atoms. The largest absolute Gasteiger partial charge is 0.508 e. The number of phenols is 4. The Bertz CT molecular complexity index is 502. The highest BCUT2D eigenvalue weighted by Crippen LogP contribution is 2.21. The van der Waals surface area contributed by atoms with Crippen molar-refractivity contribution in [3.63, 3.8) is 0 Å². The number of rotatable bonds is 0. The fourth-order valence-corrected chi connectivity index (χ4v) is 1.20. The fraction of sp³-hybridized carbons (Fsp3) is 0.133. The lowest BCUT2D eigenvalue weighted by atomic mass is 10.2. The SMILES string of the molecule is C=O.Cc1ccc(O)cc1O.Cc1ccc(O)cc1O. The molecule has 108 valence electrons. The van der Waals surface area contributed by atoms with Gasteiger partial charge in [0.05, 0.1) is 0 Å². The van der Waals surface area contributed by atoms with E-state index < -0.39 is 0 Å². The van der Waals surface area contributed by atoms with Crippen LogP contribution in [-0.4, -0.2) is 27.2 Å². The zero-order valence-corrected chi connectivity index (χ0v) is 11.4. The average Bonchev–Trinajstić information content (AvgIpc) is 2.42. The minimum atomic E-state index is 0.0955. The van der Waals surface area contributed by atoms with Crippen molar-refractivity contribution in [1.29, 1.82) is 0 Å². The van der Waals surface area contributed by atoms with E-state index in [1.807, 2.05) is 6.79 Å². The number of benzene rings is 2. The molecule has 0 aliphatic heterocycles. The van der Waals surface area contributed by atoms with E-state index >= 15 is 0 Å². The number of hydrogen-bond acceptors (Lipinski definition) is 5. The van der Waals surface area contributed by atoms with Crippen LogP contribution in [0.2, 0.25) is 0 Å². The predicted molar refractivity (Wildman–Crippen MR) is 76.1 cm³/mol. The van der Waals surface area contributed by atoms with Crippen molar-refractivity contribution >= 4 is 6.79 Å². The van der Waals surface area contributed by atoms with Crippen LogP contribution in [0.3, 0.4) is 0 Å². The zero-order valence-electron chi connectivity index (χ0n) is 11.4. The van der Waals surface area contributed by atoms with Gasteiger partial charge in [-0.25, -0.2) is 0 Å². The van der Waals surface area contributed by atoms with Crippen molar-refractivity contribution in [1.82, 2.24) is 0 Å². The van der Waals surface area contributed by atoms with Crippen molar-refractivity contribution in [2.24, 2.45) is 0 Å². The molecule has 20 heavy (non-hydrogen) atoms. The molecule has 0 unspecified atom stereocenters. The van der Waals surface area contributed by atoms with Crippen LogP contribution in [0.1, 0.15) is 11.1 Å². The number of carbonyl (C=O) groups is 1. The molecule has 0 spiro atoms. The summed E-state index contributed by atoms with van der Waals surface area (Å²) in [6.07, 6.45) is 0. The third-order valence-corrected chi connectivity index (χ3v) is 2.39. The highest BCUT2D eigenvalue weighted by atomic mass is 16.3. The van der Waals surface area contributed by atoms with Gasteiger partial charge in [-0.1, -0.05) is 12.1 Å². The summed E-state index contributed by atoms with van der Waals surface area (Å²) in [4.78, 5) is 8.00. The highest BCUT2D eigenvalue weighted by molar-refractivity contribution is 5.38. The number of aryl methyl sites for hydroxylation is 2. The highest BCUT2D eigenvalue weighted by Gasteiger charge is 1.94. The summed E-state index contributed by atoms with van der Waals surface area (Å²) in [6, 6.07) is 9.02. The molecular formula is C15H18O5. The lowest BCUT2D eigenvalue weighted by Gasteiger charge is -1.96. The monoisotopic (exact) mass is 278 g/mol. The smallest absolute Gasteiger partial charge is 0.122 e. The van der Waals surface area contributed by atoms with Crippen LogP contribution < -0.4 is 0 Å².